The molecule has 0 bridgehead atoms. The van der Waals surface area contributed by atoms with Gasteiger partial charge in [-0.2, -0.15) is 0 Å². The molecular formula is C23H21NO3S. The van der Waals surface area contributed by atoms with Gasteiger partial charge in [0.25, 0.3) is 5.91 Å². The molecule has 0 fully saturated rings. The van der Waals surface area contributed by atoms with Crippen LogP contribution in [-0.2, 0) is 16.0 Å². The van der Waals surface area contributed by atoms with Crippen LogP contribution in [0, 0.1) is 6.92 Å². The van der Waals surface area contributed by atoms with Crippen LogP contribution in [0.4, 0.5) is 5.69 Å². The predicted molar refractivity (Wildman–Crippen MR) is 112 cm³/mol. The average molecular weight is 391 g/mol. The number of hydrogen-bond donors (Lipinski definition) is 0. The van der Waals surface area contributed by atoms with Crippen molar-refractivity contribution < 1.29 is 14.3 Å². The molecule has 1 aliphatic heterocycles. The number of carbonyl (C=O) groups is 2. The molecule has 0 saturated heterocycles. The highest BCUT2D eigenvalue weighted by molar-refractivity contribution is 7.12. The largest absolute Gasteiger partial charge is 0.451 e. The number of hydrogen-bond acceptors (Lipinski definition) is 4. The van der Waals surface area contributed by atoms with E-state index in [1.54, 1.807) is 4.90 Å². The van der Waals surface area contributed by atoms with Gasteiger partial charge < -0.3 is 9.64 Å². The molecule has 4 nitrogen and oxygen atoms in total. The summed E-state index contributed by atoms with van der Waals surface area (Å²) in [4.78, 5) is 27.6. The van der Waals surface area contributed by atoms with Crippen LogP contribution in [-0.4, -0.2) is 24.5 Å². The quantitative estimate of drug-likeness (QED) is 0.597. The fourth-order valence-electron chi connectivity index (χ4n) is 3.64. The van der Waals surface area contributed by atoms with E-state index < -0.39 is 5.97 Å². The van der Waals surface area contributed by atoms with E-state index in [2.05, 4.69) is 0 Å². The number of benzene rings is 2. The summed E-state index contributed by atoms with van der Waals surface area (Å²) >= 11 is 1.33. The molecule has 4 rings (SSSR count). The first-order chi connectivity index (χ1) is 13.5. The topological polar surface area (TPSA) is 46.6 Å². The fourth-order valence-corrected chi connectivity index (χ4v) is 4.44. The van der Waals surface area contributed by atoms with Crippen molar-refractivity contribution in [1.82, 2.24) is 0 Å². The van der Waals surface area contributed by atoms with E-state index in [-0.39, 0.29) is 18.6 Å². The Bertz CT molecular complexity index is 1020. The standard InChI is InChI=1S/C23H21NO3S/c1-15-7-9-17(10-8-15)19-11-12-28-22(19)23(26)27-14-21(25)24-16(2)13-18-5-3-4-6-20(18)24/h3-12,16H,13-14H2,1-2H3. The van der Waals surface area contributed by atoms with E-state index in [1.165, 1.54) is 11.3 Å². The van der Waals surface area contributed by atoms with Crippen molar-refractivity contribution in [3.8, 4) is 11.1 Å². The van der Waals surface area contributed by atoms with E-state index in [0.29, 0.717) is 4.88 Å². The molecular weight excluding hydrogens is 370 g/mol. The summed E-state index contributed by atoms with van der Waals surface area (Å²) in [6, 6.07) is 17.8. The number of amides is 1. The number of para-hydroxylation sites is 1. The monoisotopic (exact) mass is 391 g/mol. The highest BCUT2D eigenvalue weighted by Gasteiger charge is 2.31. The first kappa shape index (κ1) is 18.4. The van der Waals surface area contributed by atoms with Crippen molar-refractivity contribution in [2.24, 2.45) is 0 Å². The van der Waals surface area contributed by atoms with Gasteiger partial charge in [-0.25, -0.2) is 4.79 Å². The molecule has 3 aromatic rings. The molecule has 142 valence electrons. The van der Waals surface area contributed by atoms with E-state index in [0.717, 1.165) is 34.4 Å². The number of anilines is 1. The molecule has 28 heavy (non-hydrogen) atoms. The summed E-state index contributed by atoms with van der Waals surface area (Å²) in [5, 5.41) is 1.87. The molecule has 0 aliphatic carbocycles. The Morgan fingerprint density at radius 3 is 2.64 bits per heavy atom. The first-order valence-electron chi connectivity index (χ1n) is 9.26. The van der Waals surface area contributed by atoms with Crippen molar-refractivity contribution in [3.63, 3.8) is 0 Å². The van der Waals surface area contributed by atoms with E-state index in [4.69, 9.17) is 4.74 Å². The second kappa shape index (κ2) is 7.60. The van der Waals surface area contributed by atoms with E-state index >= 15 is 0 Å². The number of fused-ring (bicyclic) bond motifs is 1. The maximum atomic E-state index is 12.7. The number of ether oxygens (including phenoxy) is 1. The van der Waals surface area contributed by atoms with Gasteiger partial charge in [0.05, 0.1) is 0 Å². The summed E-state index contributed by atoms with van der Waals surface area (Å²) in [5.74, 6) is -0.654. The predicted octanol–water partition coefficient (Wildman–Crippen LogP) is 4.86. The van der Waals surface area contributed by atoms with Crippen LogP contribution in [0.15, 0.2) is 60.0 Å². The molecule has 0 N–H and O–H groups in total. The van der Waals surface area contributed by atoms with Crippen LogP contribution in [0.1, 0.15) is 27.7 Å². The average Bonchev–Trinajstić information content (AvgIpc) is 3.30. The number of aryl methyl sites for hydroxylation is 1. The smallest absolute Gasteiger partial charge is 0.349 e. The van der Waals surface area contributed by atoms with Gasteiger partial charge in [0.1, 0.15) is 4.88 Å². The van der Waals surface area contributed by atoms with Crippen LogP contribution in [0.25, 0.3) is 11.1 Å². The lowest BCUT2D eigenvalue weighted by Crippen LogP contribution is -2.38. The maximum Gasteiger partial charge on any atom is 0.349 e. The fraction of sp³-hybridized carbons (Fsp3) is 0.217. The van der Waals surface area contributed by atoms with Gasteiger partial charge in [-0.1, -0.05) is 48.0 Å². The van der Waals surface area contributed by atoms with Crippen molar-refractivity contribution in [2.45, 2.75) is 26.3 Å². The van der Waals surface area contributed by atoms with Gasteiger partial charge in [-0.3, -0.25) is 4.79 Å². The van der Waals surface area contributed by atoms with Gasteiger partial charge in [-0.15, -0.1) is 11.3 Å². The zero-order valence-electron chi connectivity index (χ0n) is 15.8. The second-order valence-electron chi connectivity index (χ2n) is 7.05. The summed E-state index contributed by atoms with van der Waals surface area (Å²) < 4.78 is 5.39. The number of nitrogens with zero attached hydrogens (tertiary/aromatic N) is 1. The third kappa shape index (κ3) is 3.45. The van der Waals surface area contributed by atoms with Crippen molar-refractivity contribution in [2.75, 3.05) is 11.5 Å². The molecule has 1 aliphatic rings. The molecule has 0 radical (unpaired) electrons. The van der Waals surface area contributed by atoms with Crippen LogP contribution < -0.4 is 4.90 Å². The van der Waals surface area contributed by atoms with Crippen LogP contribution in [0.5, 0.6) is 0 Å². The van der Waals surface area contributed by atoms with E-state index in [9.17, 15) is 9.59 Å². The molecule has 2 aromatic carbocycles. The molecule has 1 atom stereocenters. The molecule has 0 spiro atoms. The highest BCUT2D eigenvalue weighted by Crippen LogP contribution is 2.32. The maximum absolute atomic E-state index is 12.7. The van der Waals surface area contributed by atoms with Gasteiger partial charge >= 0.3 is 5.97 Å². The Morgan fingerprint density at radius 2 is 1.86 bits per heavy atom. The Kier molecular flexibility index (Phi) is 5.01. The molecule has 2 heterocycles. The van der Waals surface area contributed by atoms with Gasteiger partial charge in [0, 0.05) is 17.3 Å². The molecule has 0 saturated carbocycles. The lowest BCUT2D eigenvalue weighted by Gasteiger charge is -2.22. The molecule has 1 amide bonds. The number of esters is 1. The highest BCUT2D eigenvalue weighted by atomic mass is 32.1. The van der Waals surface area contributed by atoms with Crippen molar-refractivity contribution in [1.29, 1.82) is 0 Å². The molecule has 1 aromatic heterocycles. The summed E-state index contributed by atoms with van der Waals surface area (Å²) in [5.41, 5.74) is 5.02. The minimum atomic E-state index is -0.459. The zero-order chi connectivity index (χ0) is 19.7. The SMILES string of the molecule is Cc1ccc(-c2ccsc2C(=O)OCC(=O)N2c3ccccc3CC2C)cc1. The Balaban J connectivity index is 1.46. The summed E-state index contributed by atoms with van der Waals surface area (Å²) in [6.45, 7) is 3.77. The number of rotatable bonds is 4. The minimum Gasteiger partial charge on any atom is -0.451 e. The van der Waals surface area contributed by atoms with Crippen LogP contribution >= 0.6 is 11.3 Å². The molecule has 5 heteroatoms. The molecule has 1 unspecified atom stereocenters. The lowest BCUT2D eigenvalue weighted by molar-refractivity contribution is -0.122. The number of carbonyl (C=O) groups excluding carboxylic acids is 2. The van der Waals surface area contributed by atoms with E-state index in [1.807, 2.05) is 73.8 Å². The Morgan fingerprint density at radius 1 is 1.11 bits per heavy atom. The zero-order valence-corrected chi connectivity index (χ0v) is 16.7. The van der Waals surface area contributed by atoms with Gasteiger partial charge in [0.2, 0.25) is 0 Å². The number of thiophene rings is 1. The first-order valence-corrected chi connectivity index (χ1v) is 10.1. The summed E-state index contributed by atoms with van der Waals surface area (Å²) in [7, 11) is 0. The third-order valence-corrected chi connectivity index (χ3v) is 5.91. The van der Waals surface area contributed by atoms with Crippen LogP contribution in [0.2, 0.25) is 0 Å². The summed E-state index contributed by atoms with van der Waals surface area (Å²) in [6.07, 6.45) is 0.818. The van der Waals surface area contributed by atoms with Crippen LogP contribution in [0.3, 0.4) is 0 Å². The minimum absolute atomic E-state index is 0.0634. The lowest BCUT2D eigenvalue weighted by atomic mass is 10.1. The van der Waals surface area contributed by atoms with Crippen molar-refractivity contribution >= 4 is 28.9 Å². The van der Waals surface area contributed by atoms with Crippen molar-refractivity contribution in [3.05, 3.63) is 76.0 Å². The normalized spacial score (nSPS) is 15.4. The second-order valence-corrected chi connectivity index (χ2v) is 7.97. The Labute approximate surface area is 168 Å². The van der Waals surface area contributed by atoms with Gasteiger partial charge in [-0.05, 0) is 48.9 Å². The third-order valence-electron chi connectivity index (χ3n) is 5.02. The van der Waals surface area contributed by atoms with Gasteiger partial charge in [0.15, 0.2) is 6.61 Å². The Hall–Kier alpha value is -2.92.